The van der Waals surface area contributed by atoms with Crippen molar-refractivity contribution in [2.45, 2.75) is 45.1 Å². The monoisotopic (exact) mass is 234 g/mol. The minimum Gasteiger partial charge on any atom is -0.491 e. The van der Waals surface area contributed by atoms with Gasteiger partial charge in [0.15, 0.2) is 0 Å². The summed E-state index contributed by atoms with van der Waals surface area (Å²) < 4.78 is 5.66. The summed E-state index contributed by atoms with van der Waals surface area (Å²) in [6, 6.07) is 7.94. The molecule has 1 fully saturated rings. The molecule has 1 N–H and O–H groups in total. The zero-order valence-electron chi connectivity index (χ0n) is 10.6. The molecule has 2 rings (SSSR count). The van der Waals surface area contributed by atoms with Gasteiger partial charge in [-0.3, -0.25) is 0 Å². The number of rotatable bonds is 5. The number of para-hydroxylation sites is 1. The number of aryl methyl sites for hydroxylation is 1. The van der Waals surface area contributed by atoms with Crippen LogP contribution in [0.25, 0.3) is 0 Å². The molecular weight excluding hydrogens is 212 g/mol. The lowest BCUT2D eigenvalue weighted by Crippen LogP contribution is -2.20. The average molecular weight is 234 g/mol. The molecule has 1 saturated carbocycles. The lowest BCUT2D eigenvalue weighted by molar-refractivity contribution is 0.0852. The van der Waals surface area contributed by atoms with Crippen LogP contribution in [-0.4, -0.2) is 17.8 Å². The van der Waals surface area contributed by atoms with Crippen LogP contribution in [0.15, 0.2) is 24.3 Å². The Labute approximate surface area is 104 Å². The van der Waals surface area contributed by atoms with E-state index >= 15 is 0 Å². The van der Waals surface area contributed by atoms with Crippen molar-refractivity contribution in [3.8, 4) is 5.75 Å². The number of ether oxygens (including phenoxy) is 1. The van der Waals surface area contributed by atoms with Crippen molar-refractivity contribution in [1.82, 2.24) is 0 Å². The van der Waals surface area contributed by atoms with Gasteiger partial charge < -0.3 is 9.84 Å². The molecule has 1 aromatic carbocycles. The number of aliphatic hydroxyl groups excluding tert-OH is 1. The zero-order valence-corrected chi connectivity index (χ0v) is 10.6. The Morgan fingerprint density at radius 3 is 2.71 bits per heavy atom. The molecule has 1 aliphatic rings. The van der Waals surface area contributed by atoms with Crippen molar-refractivity contribution in [3.05, 3.63) is 29.8 Å². The molecule has 17 heavy (non-hydrogen) atoms. The summed E-state index contributed by atoms with van der Waals surface area (Å²) in [5.41, 5.74) is 1.13. The molecular formula is C15H22O2. The highest BCUT2D eigenvalue weighted by molar-refractivity contribution is 5.31. The molecule has 0 aromatic heterocycles. The fourth-order valence-electron chi connectivity index (χ4n) is 2.60. The second-order valence-corrected chi connectivity index (χ2v) is 5.12. The van der Waals surface area contributed by atoms with Gasteiger partial charge in [-0.2, -0.15) is 0 Å². The Balaban J connectivity index is 1.75. The van der Waals surface area contributed by atoms with Crippen LogP contribution in [0.1, 0.15) is 37.7 Å². The Bertz CT molecular complexity index is 343. The predicted octanol–water partition coefficient (Wildman–Crippen LogP) is 3.32. The zero-order chi connectivity index (χ0) is 12.1. The smallest absolute Gasteiger partial charge is 0.122 e. The fourth-order valence-corrected chi connectivity index (χ4v) is 2.60. The van der Waals surface area contributed by atoms with Crippen LogP contribution in [0, 0.1) is 12.8 Å². The normalized spacial score (nSPS) is 18.2. The lowest BCUT2D eigenvalue weighted by atomic mass is 10.0. The first kappa shape index (κ1) is 12.4. The van der Waals surface area contributed by atoms with E-state index in [4.69, 9.17) is 4.74 Å². The Morgan fingerprint density at radius 1 is 1.29 bits per heavy atom. The topological polar surface area (TPSA) is 29.5 Å². The van der Waals surface area contributed by atoms with Gasteiger partial charge in [0.1, 0.15) is 12.4 Å². The van der Waals surface area contributed by atoms with Crippen LogP contribution in [-0.2, 0) is 0 Å². The van der Waals surface area contributed by atoms with E-state index in [0.29, 0.717) is 12.5 Å². The summed E-state index contributed by atoms with van der Waals surface area (Å²) in [6.45, 7) is 2.44. The van der Waals surface area contributed by atoms with Gasteiger partial charge in [-0.1, -0.05) is 43.9 Å². The maximum absolute atomic E-state index is 9.94. The fraction of sp³-hybridized carbons (Fsp3) is 0.600. The first-order valence-corrected chi connectivity index (χ1v) is 6.62. The van der Waals surface area contributed by atoms with Crippen LogP contribution in [0.3, 0.4) is 0 Å². The van der Waals surface area contributed by atoms with Crippen molar-refractivity contribution in [2.24, 2.45) is 5.92 Å². The molecule has 0 amide bonds. The Kier molecular flexibility index (Phi) is 4.43. The molecule has 2 nitrogen and oxygen atoms in total. The van der Waals surface area contributed by atoms with Crippen LogP contribution in [0.5, 0.6) is 5.75 Å². The number of hydrogen-bond acceptors (Lipinski definition) is 2. The number of benzene rings is 1. The highest BCUT2D eigenvalue weighted by Gasteiger charge is 2.19. The van der Waals surface area contributed by atoms with Gasteiger partial charge in [0.05, 0.1) is 6.10 Å². The first-order valence-electron chi connectivity index (χ1n) is 6.62. The molecule has 0 bridgehead atoms. The summed E-state index contributed by atoms with van der Waals surface area (Å²) in [5.74, 6) is 1.60. The van der Waals surface area contributed by atoms with E-state index in [1.165, 1.54) is 25.7 Å². The number of hydrogen-bond donors (Lipinski definition) is 1. The van der Waals surface area contributed by atoms with Crippen molar-refractivity contribution in [3.63, 3.8) is 0 Å². The summed E-state index contributed by atoms with van der Waals surface area (Å²) in [6.07, 6.45) is 5.79. The van der Waals surface area contributed by atoms with Crippen LogP contribution in [0.2, 0.25) is 0 Å². The minimum absolute atomic E-state index is 0.322. The van der Waals surface area contributed by atoms with E-state index in [2.05, 4.69) is 0 Å². The van der Waals surface area contributed by atoms with Gasteiger partial charge in [-0.25, -0.2) is 0 Å². The van der Waals surface area contributed by atoms with Gasteiger partial charge in [-0.15, -0.1) is 0 Å². The van der Waals surface area contributed by atoms with Crippen molar-refractivity contribution in [1.29, 1.82) is 0 Å². The molecule has 2 heteroatoms. The van der Waals surface area contributed by atoms with Gasteiger partial charge in [0.25, 0.3) is 0 Å². The molecule has 94 valence electrons. The minimum atomic E-state index is -0.322. The average Bonchev–Trinajstić information content (AvgIpc) is 2.81. The van der Waals surface area contributed by atoms with Crippen molar-refractivity contribution in [2.75, 3.05) is 6.61 Å². The molecule has 1 aliphatic carbocycles. The van der Waals surface area contributed by atoms with Gasteiger partial charge in [0.2, 0.25) is 0 Å². The lowest BCUT2D eigenvalue weighted by Gasteiger charge is -2.16. The molecule has 1 atom stereocenters. The molecule has 1 aromatic rings. The van der Waals surface area contributed by atoms with Crippen molar-refractivity contribution < 1.29 is 9.84 Å². The summed E-state index contributed by atoms with van der Waals surface area (Å²) in [5, 5.41) is 9.94. The second kappa shape index (κ2) is 6.06. The molecule has 0 heterocycles. The van der Waals surface area contributed by atoms with Gasteiger partial charge in [-0.05, 0) is 30.9 Å². The maximum Gasteiger partial charge on any atom is 0.122 e. The van der Waals surface area contributed by atoms with Crippen LogP contribution >= 0.6 is 0 Å². The summed E-state index contributed by atoms with van der Waals surface area (Å²) in [7, 11) is 0. The molecule has 0 spiro atoms. The highest BCUT2D eigenvalue weighted by atomic mass is 16.5. The second-order valence-electron chi connectivity index (χ2n) is 5.12. The third-order valence-corrected chi connectivity index (χ3v) is 3.60. The van der Waals surface area contributed by atoms with Gasteiger partial charge >= 0.3 is 0 Å². The molecule has 1 unspecified atom stereocenters. The first-order chi connectivity index (χ1) is 8.25. The SMILES string of the molecule is Cc1ccccc1OCC(O)CC1CCCC1. The highest BCUT2D eigenvalue weighted by Crippen LogP contribution is 2.28. The Morgan fingerprint density at radius 2 is 2.00 bits per heavy atom. The maximum atomic E-state index is 9.94. The predicted molar refractivity (Wildman–Crippen MR) is 69.3 cm³/mol. The van der Waals surface area contributed by atoms with Crippen LogP contribution < -0.4 is 4.74 Å². The Hall–Kier alpha value is -1.02. The third kappa shape index (κ3) is 3.74. The van der Waals surface area contributed by atoms with Gasteiger partial charge in [0, 0.05) is 0 Å². The summed E-state index contributed by atoms with van der Waals surface area (Å²) >= 11 is 0. The largest absolute Gasteiger partial charge is 0.491 e. The van der Waals surface area contributed by atoms with E-state index < -0.39 is 0 Å². The quantitative estimate of drug-likeness (QED) is 0.847. The van der Waals surface area contributed by atoms with E-state index in [1.54, 1.807) is 0 Å². The van der Waals surface area contributed by atoms with E-state index in [1.807, 2.05) is 31.2 Å². The van der Waals surface area contributed by atoms with Crippen molar-refractivity contribution >= 4 is 0 Å². The van der Waals surface area contributed by atoms with E-state index in [0.717, 1.165) is 17.7 Å². The standard InChI is InChI=1S/C15H22O2/c1-12-6-2-5-9-15(12)17-11-14(16)10-13-7-3-4-8-13/h2,5-6,9,13-14,16H,3-4,7-8,10-11H2,1H3. The van der Waals surface area contributed by atoms with E-state index in [9.17, 15) is 5.11 Å². The molecule has 0 saturated heterocycles. The van der Waals surface area contributed by atoms with E-state index in [-0.39, 0.29) is 6.10 Å². The van der Waals surface area contributed by atoms with Crippen LogP contribution in [0.4, 0.5) is 0 Å². The molecule has 0 aliphatic heterocycles. The third-order valence-electron chi connectivity index (χ3n) is 3.60. The number of aliphatic hydroxyl groups is 1. The molecule has 0 radical (unpaired) electrons. The summed E-state index contributed by atoms with van der Waals surface area (Å²) in [4.78, 5) is 0.